The van der Waals surface area contributed by atoms with Gasteiger partial charge in [0.25, 0.3) is 0 Å². The third-order valence-electron chi connectivity index (χ3n) is 2.72. The fraction of sp³-hybridized carbons (Fsp3) is 0.200. The Morgan fingerprint density at radius 3 is 3.19 bits per heavy atom. The van der Waals surface area contributed by atoms with Gasteiger partial charge in [0.2, 0.25) is 5.91 Å². The minimum Gasteiger partial charge on any atom is -0.469 e. The second-order valence-corrected chi connectivity index (χ2v) is 3.72. The smallest absolute Gasteiger partial charge is 0.226 e. The van der Waals surface area contributed by atoms with Crippen LogP contribution in [0.2, 0.25) is 0 Å². The highest BCUT2D eigenvalue weighted by Gasteiger charge is 2.32. The minimum absolute atomic E-state index is 0.0830. The Morgan fingerprint density at radius 1 is 1.56 bits per heavy atom. The molecule has 82 valence electrons. The van der Waals surface area contributed by atoms with Crippen LogP contribution in [0.4, 0.5) is 11.6 Å². The Morgan fingerprint density at radius 2 is 2.44 bits per heavy atom. The number of anilines is 2. The van der Waals surface area contributed by atoms with Crippen molar-refractivity contribution < 1.29 is 9.21 Å². The minimum atomic E-state index is -0.155. The number of H-pyrrole nitrogens is 1. The maximum Gasteiger partial charge on any atom is 0.226 e. The number of fused-ring (bicyclic) bond motifs is 1. The summed E-state index contributed by atoms with van der Waals surface area (Å²) in [5.41, 5.74) is 6.59. The van der Waals surface area contributed by atoms with Gasteiger partial charge in [-0.2, -0.15) is 5.10 Å². The standard InChI is InChI=1S/C10H10N4O2/c11-9-8-5(6-2-1-3-16-6)4-7(15)12-10(8)14-13-9/h1-3,5H,4H2,(H4,11,12,13,14,15)/t5-/m1/s1. The van der Waals surface area contributed by atoms with Crippen molar-refractivity contribution in [3.05, 3.63) is 29.7 Å². The van der Waals surface area contributed by atoms with Crippen molar-refractivity contribution in [3.8, 4) is 0 Å². The highest BCUT2D eigenvalue weighted by Crippen LogP contribution is 2.39. The van der Waals surface area contributed by atoms with Crippen molar-refractivity contribution >= 4 is 17.5 Å². The summed E-state index contributed by atoms with van der Waals surface area (Å²) in [6.07, 6.45) is 1.90. The van der Waals surface area contributed by atoms with E-state index in [-0.39, 0.29) is 11.8 Å². The highest BCUT2D eigenvalue weighted by molar-refractivity contribution is 5.95. The first-order valence-corrected chi connectivity index (χ1v) is 4.92. The predicted octanol–water partition coefficient (Wildman–Crippen LogP) is 1.06. The molecule has 2 aromatic heterocycles. The lowest BCUT2D eigenvalue weighted by molar-refractivity contribution is -0.116. The molecule has 0 aliphatic carbocycles. The van der Waals surface area contributed by atoms with Gasteiger partial charge in [-0.25, -0.2) is 0 Å². The van der Waals surface area contributed by atoms with Crippen molar-refractivity contribution in [1.82, 2.24) is 10.2 Å². The molecular formula is C10H10N4O2. The van der Waals surface area contributed by atoms with Crippen LogP contribution in [0.15, 0.2) is 22.8 Å². The molecule has 0 bridgehead atoms. The molecule has 0 fully saturated rings. The third-order valence-corrected chi connectivity index (χ3v) is 2.72. The van der Waals surface area contributed by atoms with E-state index >= 15 is 0 Å². The molecule has 3 heterocycles. The second kappa shape index (κ2) is 3.13. The summed E-state index contributed by atoms with van der Waals surface area (Å²) >= 11 is 0. The SMILES string of the molecule is Nc1[nH]nc2c1[C@@H](c1ccco1)CC(=O)N2. The van der Waals surface area contributed by atoms with Crippen LogP contribution < -0.4 is 11.1 Å². The van der Waals surface area contributed by atoms with Gasteiger partial charge in [-0.3, -0.25) is 9.89 Å². The van der Waals surface area contributed by atoms with Gasteiger partial charge in [0.1, 0.15) is 11.6 Å². The number of aromatic amines is 1. The van der Waals surface area contributed by atoms with E-state index in [0.717, 1.165) is 11.3 Å². The van der Waals surface area contributed by atoms with Crippen LogP contribution in [0.1, 0.15) is 23.7 Å². The van der Waals surface area contributed by atoms with E-state index in [9.17, 15) is 4.79 Å². The number of aromatic nitrogens is 2. The van der Waals surface area contributed by atoms with Gasteiger partial charge in [0.05, 0.1) is 12.2 Å². The molecular weight excluding hydrogens is 208 g/mol. The van der Waals surface area contributed by atoms with Crippen LogP contribution in [0.3, 0.4) is 0 Å². The molecule has 6 heteroatoms. The molecule has 6 nitrogen and oxygen atoms in total. The Bertz CT molecular complexity index is 529. The highest BCUT2D eigenvalue weighted by atomic mass is 16.3. The van der Waals surface area contributed by atoms with E-state index in [2.05, 4.69) is 15.5 Å². The molecule has 1 aliphatic rings. The Labute approximate surface area is 90.8 Å². The van der Waals surface area contributed by atoms with Gasteiger partial charge < -0.3 is 15.5 Å². The molecule has 16 heavy (non-hydrogen) atoms. The van der Waals surface area contributed by atoms with E-state index in [4.69, 9.17) is 10.2 Å². The lowest BCUT2D eigenvalue weighted by Crippen LogP contribution is -2.23. The van der Waals surface area contributed by atoms with Crippen molar-refractivity contribution in [1.29, 1.82) is 0 Å². The molecule has 1 atom stereocenters. The molecule has 0 unspecified atom stereocenters. The number of nitrogens with one attached hydrogen (secondary N) is 2. The number of furan rings is 1. The molecule has 3 rings (SSSR count). The number of amides is 1. The second-order valence-electron chi connectivity index (χ2n) is 3.72. The monoisotopic (exact) mass is 218 g/mol. The lowest BCUT2D eigenvalue weighted by Gasteiger charge is -2.20. The van der Waals surface area contributed by atoms with E-state index in [1.807, 2.05) is 6.07 Å². The van der Waals surface area contributed by atoms with Gasteiger partial charge in [0.15, 0.2) is 5.82 Å². The average Bonchev–Trinajstić information content (AvgIpc) is 2.87. The van der Waals surface area contributed by atoms with Gasteiger partial charge in [-0.1, -0.05) is 0 Å². The summed E-state index contributed by atoms with van der Waals surface area (Å²) in [7, 11) is 0. The summed E-state index contributed by atoms with van der Waals surface area (Å²) < 4.78 is 5.33. The topological polar surface area (TPSA) is 96.9 Å². The predicted molar refractivity (Wildman–Crippen MR) is 56.8 cm³/mol. The first-order chi connectivity index (χ1) is 7.75. The molecule has 2 aromatic rings. The average molecular weight is 218 g/mol. The van der Waals surface area contributed by atoms with Crippen LogP contribution in [0.5, 0.6) is 0 Å². The van der Waals surface area contributed by atoms with Crippen LogP contribution in [-0.4, -0.2) is 16.1 Å². The summed E-state index contributed by atoms with van der Waals surface area (Å²) in [5, 5.41) is 9.28. The lowest BCUT2D eigenvalue weighted by atomic mass is 9.91. The van der Waals surface area contributed by atoms with E-state index in [0.29, 0.717) is 18.1 Å². The fourth-order valence-corrected chi connectivity index (χ4v) is 2.02. The largest absolute Gasteiger partial charge is 0.469 e. The van der Waals surface area contributed by atoms with E-state index < -0.39 is 0 Å². The number of nitrogen functional groups attached to an aromatic ring is 1. The first kappa shape index (κ1) is 9.02. The zero-order valence-corrected chi connectivity index (χ0v) is 8.36. The number of carbonyl (C=O) groups is 1. The zero-order valence-electron chi connectivity index (χ0n) is 8.36. The number of nitrogens with two attached hydrogens (primary N) is 1. The maximum atomic E-state index is 11.5. The molecule has 0 saturated heterocycles. The summed E-state index contributed by atoms with van der Waals surface area (Å²) in [6.45, 7) is 0. The Kier molecular flexibility index (Phi) is 1.76. The molecule has 1 amide bonds. The van der Waals surface area contributed by atoms with Gasteiger partial charge in [-0.05, 0) is 12.1 Å². The van der Waals surface area contributed by atoms with E-state index in [1.54, 1.807) is 12.3 Å². The third kappa shape index (κ3) is 1.19. The van der Waals surface area contributed by atoms with Gasteiger partial charge in [-0.15, -0.1) is 0 Å². The number of hydrogen-bond donors (Lipinski definition) is 3. The molecule has 0 spiro atoms. The molecule has 4 N–H and O–H groups in total. The van der Waals surface area contributed by atoms with Crippen molar-refractivity contribution in [2.45, 2.75) is 12.3 Å². The Hall–Kier alpha value is -2.24. The maximum absolute atomic E-state index is 11.5. The number of hydrogen-bond acceptors (Lipinski definition) is 4. The number of rotatable bonds is 1. The van der Waals surface area contributed by atoms with Gasteiger partial charge >= 0.3 is 0 Å². The van der Waals surface area contributed by atoms with Crippen molar-refractivity contribution in [2.75, 3.05) is 11.1 Å². The van der Waals surface area contributed by atoms with Crippen LogP contribution in [0.25, 0.3) is 0 Å². The van der Waals surface area contributed by atoms with Crippen LogP contribution in [0, 0.1) is 0 Å². The van der Waals surface area contributed by atoms with Crippen molar-refractivity contribution in [2.24, 2.45) is 0 Å². The first-order valence-electron chi connectivity index (χ1n) is 4.92. The number of nitrogens with zero attached hydrogens (tertiary/aromatic N) is 1. The summed E-state index contributed by atoms with van der Waals surface area (Å²) in [4.78, 5) is 11.5. The number of carbonyl (C=O) groups excluding carboxylic acids is 1. The summed E-state index contributed by atoms with van der Waals surface area (Å²) in [5.74, 6) is 1.45. The van der Waals surface area contributed by atoms with Crippen LogP contribution >= 0.6 is 0 Å². The quantitative estimate of drug-likeness (QED) is 0.666. The molecule has 1 aliphatic heterocycles. The van der Waals surface area contributed by atoms with E-state index in [1.165, 1.54) is 0 Å². The zero-order chi connectivity index (χ0) is 11.1. The van der Waals surface area contributed by atoms with Crippen LogP contribution in [-0.2, 0) is 4.79 Å². The molecule has 0 radical (unpaired) electrons. The normalized spacial score (nSPS) is 19.2. The molecule has 0 saturated carbocycles. The molecule has 0 aromatic carbocycles. The van der Waals surface area contributed by atoms with Gasteiger partial charge in [0, 0.05) is 12.0 Å². The Balaban J connectivity index is 2.13. The summed E-state index contributed by atoms with van der Waals surface area (Å²) in [6, 6.07) is 3.62. The fourth-order valence-electron chi connectivity index (χ4n) is 2.02. The van der Waals surface area contributed by atoms with Crippen molar-refractivity contribution in [3.63, 3.8) is 0 Å².